The Morgan fingerprint density at radius 1 is 1.29 bits per heavy atom. The molecule has 0 amide bonds. The maximum absolute atomic E-state index is 13.5. The topological polar surface area (TPSA) is 52.4 Å². The van der Waals surface area contributed by atoms with E-state index in [-0.39, 0.29) is 22.3 Å². The fraction of sp³-hybridized carbons (Fsp3) is 0.0769. The van der Waals surface area contributed by atoms with Gasteiger partial charge in [0.2, 0.25) is 0 Å². The van der Waals surface area contributed by atoms with Gasteiger partial charge in [-0.05, 0) is 28.1 Å². The van der Waals surface area contributed by atoms with E-state index in [4.69, 9.17) is 27.9 Å². The van der Waals surface area contributed by atoms with Crippen LogP contribution in [0, 0.1) is 15.9 Å². The lowest BCUT2D eigenvalue weighted by molar-refractivity contribution is -0.384. The molecule has 0 N–H and O–H groups in total. The quantitative estimate of drug-likeness (QED) is 0.290. The van der Waals surface area contributed by atoms with Gasteiger partial charge in [-0.2, -0.15) is 0 Å². The van der Waals surface area contributed by atoms with Crippen molar-refractivity contribution in [1.82, 2.24) is 0 Å². The lowest BCUT2D eigenvalue weighted by Gasteiger charge is -2.11. The molecule has 0 spiro atoms. The third-order valence-corrected chi connectivity index (χ3v) is 3.79. The van der Waals surface area contributed by atoms with Crippen LogP contribution in [0.2, 0.25) is 5.02 Å². The van der Waals surface area contributed by atoms with Gasteiger partial charge in [-0.3, -0.25) is 10.1 Å². The van der Waals surface area contributed by atoms with Crippen molar-refractivity contribution in [2.45, 2.75) is 5.88 Å². The van der Waals surface area contributed by atoms with Crippen LogP contribution in [0.3, 0.4) is 0 Å². The highest BCUT2D eigenvalue weighted by atomic mass is 79.9. The standard InChI is InChI=1S/C13H7BrCl2FNO3/c14-9-4-10(16)11(17)5-13(9)21-12-2-1-8(18(19)20)3-7(12)6-15/h1-5H,6H2. The van der Waals surface area contributed by atoms with Gasteiger partial charge in [0.15, 0.2) is 0 Å². The average Bonchev–Trinajstić information content (AvgIpc) is 2.44. The Balaban J connectivity index is 2.40. The smallest absolute Gasteiger partial charge is 0.270 e. The lowest BCUT2D eigenvalue weighted by Crippen LogP contribution is -1.94. The van der Waals surface area contributed by atoms with Crippen molar-refractivity contribution in [3.63, 3.8) is 0 Å². The van der Waals surface area contributed by atoms with Crippen LogP contribution in [0.1, 0.15) is 5.56 Å². The Morgan fingerprint density at radius 2 is 2.00 bits per heavy atom. The molecule has 0 aromatic heterocycles. The molecule has 8 heteroatoms. The summed E-state index contributed by atoms with van der Waals surface area (Å²) < 4.78 is 19.5. The Bertz CT molecular complexity index is 712. The highest BCUT2D eigenvalue weighted by Gasteiger charge is 2.14. The van der Waals surface area contributed by atoms with Crippen LogP contribution in [-0.2, 0) is 5.88 Å². The summed E-state index contributed by atoms with van der Waals surface area (Å²) in [6, 6.07) is 6.48. The molecule has 0 saturated heterocycles. The van der Waals surface area contributed by atoms with Crippen molar-refractivity contribution in [1.29, 1.82) is 0 Å². The van der Waals surface area contributed by atoms with Gasteiger partial charge >= 0.3 is 0 Å². The number of nitrogens with zero attached hydrogens (tertiary/aromatic N) is 1. The van der Waals surface area contributed by atoms with Crippen molar-refractivity contribution in [3.05, 3.63) is 61.3 Å². The molecular formula is C13H7BrCl2FNO3. The molecule has 110 valence electrons. The van der Waals surface area contributed by atoms with Gasteiger partial charge in [0, 0.05) is 23.8 Å². The highest BCUT2D eigenvalue weighted by molar-refractivity contribution is 9.10. The number of hydrogen-bond donors (Lipinski definition) is 0. The molecule has 0 bridgehead atoms. The Labute approximate surface area is 137 Å². The summed E-state index contributed by atoms with van der Waals surface area (Å²) in [5.74, 6) is -0.121. The van der Waals surface area contributed by atoms with Gasteiger partial charge in [-0.1, -0.05) is 11.6 Å². The van der Waals surface area contributed by atoms with E-state index in [9.17, 15) is 14.5 Å². The summed E-state index contributed by atoms with van der Waals surface area (Å²) in [6.45, 7) is 0. The molecule has 0 saturated carbocycles. The van der Waals surface area contributed by atoms with Crippen molar-refractivity contribution in [2.75, 3.05) is 0 Å². The number of benzene rings is 2. The maximum atomic E-state index is 13.5. The first-order chi connectivity index (χ1) is 9.92. The fourth-order valence-electron chi connectivity index (χ4n) is 1.58. The number of hydrogen-bond acceptors (Lipinski definition) is 3. The van der Waals surface area contributed by atoms with Crippen LogP contribution in [-0.4, -0.2) is 4.92 Å². The van der Waals surface area contributed by atoms with Gasteiger partial charge in [0.25, 0.3) is 5.69 Å². The molecule has 0 fully saturated rings. The van der Waals surface area contributed by atoms with E-state index < -0.39 is 10.7 Å². The summed E-state index contributed by atoms with van der Waals surface area (Å²) in [7, 11) is 0. The van der Waals surface area contributed by atoms with Gasteiger partial charge < -0.3 is 4.74 Å². The number of alkyl halides is 1. The number of non-ortho nitro benzene ring substituents is 1. The zero-order valence-corrected chi connectivity index (χ0v) is 13.4. The first kappa shape index (κ1) is 16.0. The van der Waals surface area contributed by atoms with Crippen LogP contribution in [0.4, 0.5) is 10.1 Å². The molecule has 2 aromatic rings. The molecule has 2 rings (SSSR count). The molecule has 0 aliphatic rings. The molecule has 0 aliphatic carbocycles. The molecule has 0 atom stereocenters. The average molecular weight is 395 g/mol. The highest BCUT2D eigenvalue weighted by Crippen LogP contribution is 2.36. The molecule has 2 aromatic carbocycles. The minimum Gasteiger partial charge on any atom is -0.456 e. The minimum absolute atomic E-state index is 0.0186. The second kappa shape index (κ2) is 6.60. The number of rotatable bonds is 4. The molecule has 0 radical (unpaired) electrons. The molecule has 0 unspecified atom stereocenters. The second-order valence-corrected chi connectivity index (χ2v) is 5.51. The van der Waals surface area contributed by atoms with E-state index in [0.717, 1.165) is 6.07 Å². The molecule has 21 heavy (non-hydrogen) atoms. The zero-order valence-electron chi connectivity index (χ0n) is 10.3. The first-order valence-electron chi connectivity index (χ1n) is 5.58. The van der Waals surface area contributed by atoms with Crippen LogP contribution in [0.5, 0.6) is 11.5 Å². The van der Waals surface area contributed by atoms with E-state index >= 15 is 0 Å². The number of nitro benzene ring substituents is 1. The number of nitro groups is 1. The summed E-state index contributed by atoms with van der Waals surface area (Å²) in [4.78, 5) is 10.2. The third kappa shape index (κ3) is 3.64. The third-order valence-electron chi connectivity index (χ3n) is 2.59. The van der Waals surface area contributed by atoms with Crippen LogP contribution < -0.4 is 4.74 Å². The Morgan fingerprint density at radius 3 is 2.62 bits per heavy atom. The Hall–Kier alpha value is -1.37. The van der Waals surface area contributed by atoms with E-state index in [1.165, 1.54) is 24.3 Å². The lowest BCUT2D eigenvalue weighted by atomic mass is 10.2. The van der Waals surface area contributed by atoms with Gasteiger partial charge in [-0.25, -0.2) is 4.39 Å². The van der Waals surface area contributed by atoms with Crippen molar-refractivity contribution in [3.8, 4) is 11.5 Å². The summed E-state index contributed by atoms with van der Waals surface area (Å²) in [6.07, 6.45) is 0. The predicted molar refractivity (Wildman–Crippen MR) is 81.8 cm³/mol. The summed E-state index contributed by atoms with van der Waals surface area (Å²) in [5, 5.41) is 10.7. The largest absolute Gasteiger partial charge is 0.456 e. The number of halogens is 4. The van der Waals surface area contributed by atoms with Crippen LogP contribution in [0.15, 0.2) is 34.8 Å². The minimum atomic E-state index is -0.635. The van der Waals surface area contributed by atoms with Crippen LogP contribution >= 0.6 is 39.1 Å². The van der Waals surface area contributed by atoms with E-state index in [0.29, 0.717) is 15.8 Å². The van der Waals surface area contributed by atoms with Gasteiger partial charge in [0.1, 0.15) is 17.3 Å². The maximum Gasteiger partial charge on any atom is 0.270 e. The first-order valence-corrected chi connectivity index (χ1v) is 7.28. The summed E-state index contributed by atoms with van der Waals surface area (Å²) in [5.41, 5.74) is 0.326. The molecule has 0 heterocycles. The Kier molecular flexibility index (Phi) is 5.03. The van der Waals surface area contributed by atoms with Crippen molar-refractivity contribution >= 4 is 44.8 Å². The number of ether oxygens (including phenoxy) is 1. The fourth-order valence-corrected chi connectivity index (χ4v) is 2.51. The monoisotopic (exact) mass is 393 g/mol. The van der Waals surface area contributed by atoms with E-state index in [1.807, 2.05) is 0 Å². The van der Waals surface area contributed by atoms with Gasteiger partial charge in [0.05, 0.1) is 20.3 Å². The molecule has 4 nitrogen and oxygen atoms in total. The van der Waals surface area contributed by atoms with Crippen molar-refractivity contribution in [2.24, 2.45) is 0 Å². The molecular weight excluding hydrogens is 388 g/mol. The van der Waals surface area contributed by atoms with E-state index in [1.54, 1.807) is 0 Å². The van der Waals surface area contributed by atoms with Crippen LogP contribution in [0.25, 0.3) is 0 Å². The molecule has 0 aliphatic heterocycles. The predicted octanol–water partition coefficient (Wildman–Crippen LogP) is 5.68. The summed E-state index contributed by atoms with van der Waals surface area (Å²) >= 11 is 14.6. The second-order valence-electron chi connectivity index (χ2n) is 3.98. The van der Waals surface area contributed by atoms with Gasteiger partial charge in [-0.15, -0.1) is 11.6 Å². The zero-order chi connectivity index (χ0) is 15.6. The van der Waals surface area contributed by atoms with Crippen molar-refractivity contribution < 1.29 is 14.1 Å². The SMILES string of the molecule is O=[N+]([O-])c1ccc(Oc2cc(F)c(Cl)cc2Br)c(CCl)c1. The van der Waals surface area contributed by atoms with E-state index in [2.05, 4.69) is 15.9 Å². The normalized spacial score (nSPS) is 10.5.